The van der Waals surface area contributed by atoms with Gasteiger partial charge in [0.2, 0.25) is 5.88 Å². The SMILES string of the molecule is Oc1cc(Cl)ccc1-c1nnc(O[C@@H]2CCCNC2)c2ccccc12. The van der Waals surface area contributed by atoms with Crippen molar-refractivity contribution in [1.82, 2.24) is 15.5 Å². The Morgan fingerprint density at radius 3 is 2.72 bits per heavy atom. The number of fused-ring (bicyclic) bond motifs is 1. The predicted octanol–water partition coefficient (Wildman–Crippen LogP) is 3.79. The maximum Gasteiger partial charge on any atom is 0.241 e. The number of nitrogens with one attached hydrogen (secondary N) is 1. The number of nitrogens with zero attached hydrogens (tertiary/aromatic N) is 2. The van der Waals surface area contributed by atoms with Gasteiger partial charge in [-0.05, 0) is 43.7 Å². The molecule has 1 fully saturated rings. The van der Waals surface area contributed by atoms with E-state index in [2.05, 4.69) is 15.5 Å². The molecule has 128 valence electrons. The predicted molar refractivity (Wildman–Crippen MR) is 98.2 cm³/mol. The fourth-order valence-corrected chi connectivity index (χ4v) is 3.31. The van der Waals surface area contributed by atoms with Gasteiger partial charge in [0.25, 0.3) is 0 Å². The number of hydrogen-bond acceptors (Lipinski definition) is 5. The summed E-state index contributed by atoms with van der Waals surface area (Å²) >= 11 is 5.93. The van der Waals surface area contributed by atoms with Crippen LogP contribution in [0, 0.1) is 0 Å². The van der Waals surface area contributed by atoms with Crippen molar-refractivity contribution in [2.75, 3.05) is 13.1 Å². The molecular weight excluding hydrogens is 338 g/mol. The Balaban J connectivity index is 1.78. The van der Waals surface area contributed by atoms with Crippen molar-refractivity contribution in [1.29, 1.82) is 0 Å². The summed E-state index contributed by atoms with van der Waals surface area (Å²) in [5, 5.41) is 24.4. The van der Waals surface area contributed by atoms with E-state index in [1.807, 2.05) is 24.3 Å². The molecule has 6 heteroatoms. The van der Waals surface area contributed by atoms with Crippen LogP contribution < -0.4 is 10.1 Å². The van der Waals surface area contributed by atoms with Crippen molar-refractivity contribution in [2.45, 2.75) is 18.9 Å². The molecule has 1 saturated heterocycles. The maximum absolute atomic E-state index is 10.2. The Hall–Kier alpha value is -2.37. The largest absolute Gasteiger partial charge is 0.507 e. The first kappa shape index (κ1) is 16.1. The summed E-state index contributed by atoms with van der Waals surface area (Å²) < 4.78 is 6.09. The van der Waals surface area contributed by atoms with Crippen molar-refractivity contribution in [2.24, 2.45) is 0 Å². The Morgan fingerprint density at radius 2 is 1.96 bits per heavy atom. The van der Waals surface area contributed by atoms with E-state index in [1.54, 1.807) is 12.1 Å². The van der Waals surface area contributed by atoms with Gasteiger partial charge >= 0.3 is 0 Å². The fraction of sp³-hybridized carbons (Fsp3) is 0.263. The molecule has 0 spiro atoms. The van der Waals surface area contributed by atoms with E-state index in [0.717, 1.165) is 36.7 Å². The molecule has 0 radical (unpaired) electrons. The van der Waals surface area contributed by atoms with Gasteiger partial charge in [0.05, 0.1) is 0 Å². The Labute approximate surface area is 150 Å². The van der Waals surface area contributed by atoms with Crippen molar-refractivity contribution in [3.8, 4) is 22.9 Å². The van der Waals surface area contributed by atoms with Crippen molar-refractivity contribution in [3.05, 3.63) is 47.5 Å². The second-order valence-corrected chi connectivity index (χ2v) is 6.58. The maximum atomic E-state index is 10.2. The minimum Gasteiger partial charge on any atom is -0.507 e. The molecule has 5 nitrogen and oxygen atoms in total. The summed E-state index contributed by atoms with van der Waals surface area (Å²) in [5.41, 5.74) is 1.21. The molecule has 0 unspecified atom stereocenters. The number of aromatic hydroxyl groups is 1. The number of phenolic OH excluding ortho intramolecular Hbond substituents is 1. The average molecular weight is 356 g/mol. The van der Waals surface area contributed by atoms with Crippen LogP contribution in [-0.2, 0) is 0 Å². The van der Waals surface area contributed by atoms with Crippen LogP contribution in [0.25, 0.3) is 22.0 Å². The molecule has 0 bridgehead atoms. The number of ether oxygens (including phenoxy) is 1. The van der Waals surface area contributed by atoms with E-state index in [4.69, 9.17) is 16.3 Å². The van der Waals surface area contributed by atoms with Crippen LogP contribution in [0.2, 0.25) is 5.02 Å². The van der Waals surface area contributed by atoms with Gasteiger partial charge in [0.1, 0.15) is 17.5 Å². The molecule has 4 rings (SSSR count). The zero-order valence-electron chi connectivity index (χ0n) is 13.6. The Morgan fingerprint density at radius 1 is 1.12 bits per heavy atom. The van der Waals surface area contributed by atoms with Gasteiger partial charge in [-0.1, -0.05) is 29.8 Å². The highest BCUT2D eigenvalue weighted by atomic mass is 35.5. The van der Waals surface area contributed by atoms with Gasteiger partial charge in [-0.2, -0.15) is 0 Å². The summed E-state index contributed by atoms with van der Waals surface area (Å²) in [6.07, 6.45) is 2.19. The summed E-state index contributed by atoms with van der Waals surface area (Å²) in [6.45, 7) is 1.84. The standard InChI is InChI=1S/C19H18ClN3O2/c20-12-7-8-16(17(24)10-12)18-14-5-1-2-6-15(14)19(23-22-18)25-13-4-3-9-21-11-13/h1-2,5-8,10,13,21,24H,3-4,9,11H2/t13-/m1/s1. The van der Waals surface area contributed by atoms with Gasteiger partial charge in [0.15, 0.2) is 0 Å². The van der Waals surface area contributed by atoms with Crippen LogP contribution in [0.3, 0.4) is 0 Å². The van der Waals surface area contributed by atoms with Crippen LogP contribution >= 0.6 is 11.6 Å². The molecule has 1 atom stereocenters. The molecule has 0 aliphatic carbocycles. The minimum atomic E-state index is 0.0806. The molecule has 0 saturated carbocycles. The number of benzene rings is 2. The fourth-order valence-electron chi connectivity index (χ4n) is 3.15. The van der Waals surface area contributed by atoms with E-state index in [-0.39, 0.29) is 11.9 Å². The Bertz CT molecular complexity index is 910. The molecule has 2 N–H and O–H groups in total. The van der Waals surface area contributed by atoms with E-state index in [0.29, 0.717) is 22.2 Å². The number of piperidine rings is 1. The molecule has 2 aromatic carbocycles. The third-order valence-corrected chi connectivity index (χ3v) is 4.63. The number of hydrogen-bond donors (Lipinski definition) is 2. The van der Waals surface area contributed by atoms with Crippen molar-refractivity contribution < 1.29 is 9.84 Å². The third-order valence-electron chi connectivity index (χ3n) is 4.40. The van der Waals surface area contributed by atoms with Crippen molar-refractivity contribution >= 4 is 22.4 Å². The first-order chi connectivity index (χ1) is 12.2. The number of phenols is 1. The van der Waals surface area contributed by atoms with Gasteiger partial charge in [-0.25, -0.2) is 0 Å². The van der Waals surface area contributed by atoms with Crippen LogP contribution in [-0.4, -0.2) is 34.5 Å². The molecule has 1 aliphatic rings. The van der Waals surface area contributed by atoms with E-state index in [9.17, 15) is 5.11 Å². The van der Waals surface area contributed by atoms with Crippen LogP contribution in [0.4, 0.5) is 0 Å². The molecule has 0 amide bonds. The zero-order chi connectivity index (χ0) is 17.2. The van der Waals surface area contributed by atoms with Crippen LogP contribution in [0.1, 0.15) is 12.8 Å². The minimum absolute atomic E-state index is 0.0806. The summed E-state index contributed by atoms with van der Waals surface area (Å²) in [6, 6.07) is 12.8. The lowest BCUT2D eigenvalue weighted by atomic mass is 10.0. The Kier molecular flexibility index (Phi) is 4.42. The topological polar surface area (TPSA) is 67.3 Å². The van der Waals surface area contributed by atoms with E-state index in [1.165, 1.54) is 6.07 Å². The van der Waals surface area contributed by atoms with E-state index < -0.39 is 0 Å². The lowest BCUT2D eigenvalue weighted by molar-refractivity contribution is 0.161. The number of halogens is 1. The first-order valence-electron chi connectivity index (χ1n) is 8.34. The summed E-state index contributed by atoms with van der Waals surface area (Å²) in [7, 11) is 0. The molecule has 1 aliphatic heterocycles. The molecule has 25 heavy (non-hydrogen) atoms. The second-order valence-electron chi connectivity index (χ2n) is 6.15. The lowest BCUT2D eigenvalue weighted by Gasteiger charge is -2.23. The van der Waals surface area contributed by atoms with Gasteiger partial charge in [-0.15, -0.1) is 10.2 Å². The van der Waals surface area contributed by atoms with E-state index >= 15 is 0 Å². The molecule has 1 aromatic heterocycles. The van der Waals surface area contributed by atoms with Gasteiger partial charge < -0.3 is 15.2 Å². The first-order valence-corrected chi connectivity index (χ1v) is 8.72. The molecule has 2 heterocycles. The van der Waals surface area contributed by atoms with Crippen molar-refractivity contribution in [3.63, 3.8) is 0 Å². The summed E-state index contributed by atoms with van der Waals surface area (Å²) in [5.74, 6) is 0.610. The second kappa shape index (κ2) is 6.86. The molecular formula is C19H18ClN3O2. The number of aromatic nitrogens is 2. The van der Waals surface area contributed by atoms with Crippen LogP contribution in [0.5, 0.6) is 11.6 Å². The summed E-state index contributed by atoms with van der Waals surface area (Å²) in [4.78, 5) is 0. The highest BCUT2D eigenvalue weighted by Gasteiger charge is 2.19. The highest BCUT2D eigenvalue weighted by Crippen LogP contribution is 2.36. The smallest absolute Gasteiger partial charge is 0.241 e. The average Bonchev–Trinajstić information content (AvgIpc) is 2.64. The molecule has 3 aromatic rings. The third kappa shape index (κ3) is 3.25. The highest BCUT2D eigenvalue weighted by molar-refractivity contribution is 6.30. The quantitative estimate of drug-likeness (QED) is 0.748. The van der Waals surface area contributed by atoms with Gasteiger partial charge in [0, 0.05) is 27.9 Å². The van der Waals surface area contributed by atoms with Crippen LogP contribution in [0.15, 0.2) is 42.5 Å². The lowest BCUT2D eigenvalue weighted by Crippen LogP contribution is -2.37. The monoisotopic (exact) mass is 355 g/mol. The van der Waals surface area contributed by atoms with Gasteiger partial charge in [-0.3, -0.25) is 0 Å². The normalized spacial score (nSPS) is 17.6. The number of rotatable bonds is 3. The zero-order valence-corrected chi connectivity index (χ0v) is 14.3.